The SMILES string of the molecule is O=C(NN1C(=O)CCSC1c1cccc(O)c1)c1ccncc1. The third-order valence-corrected chi connectivity index (χ3v) is 4.65. The lowest BCUT2D eigenvalue weighted by Gasteiger charge is -2.35. The molecule has 1 atom stereocenters. The second-order valence-corrected chi connectivity index (χ2v) is 6.20. The van der Waals surface area contributed by atoms with E-state index in [1.807, 2.05) is 6.07 Å². The number of phenolic OH excluding ortho intramolecular Hbond substituents is 1. The zero-order valence-electron chi connectivity index (χ0n) is 12.2. The van der Waals surface area contributed by atoms with Crippen LogP contribution in [0.15, 0.2) is 48.8 Å². The number of benzene rings is 1. The fourth-order valence-corrected chi connectivity index (χ4v) is 3.48. The Kier molecular flexibility index (Phi) is 4.47. The molecular weight excluding hydrogens is 314 g/mol. The van der Waals surface area contributed by atoms with Crippen molar-refractivity contribution in [1.29, 1.82) is 0 Å². The molecule has 1 unspecified atom stereocenters. The number of hydrogen-bond donors (Lipinski definition) is 2. The highest BCUT2D eigenvalue weighted by atomic mass is 32.2. The highest BCUT2D eigenvalue weighted by Crippen LogP contribution is 2.37. The second-order valence-electron chi connectivity index (χ2n) is 5.01. The number of nitrogens with one attached hydrogen (secondary N) is 1. The molecule has 1 aromatic carbocycles. The topological polar surface area (TPSA) is 82.5 Å². The average Bonchev–Trinajstić information content (AvgIpc) is 2.57. The summed E-state index contributed by atoms with van der Waals surface area (Å²) in [5.41, 5.74) is 3.86. The van der Waals surface area contributed by atoms with Gasteiger partial charge in [-0.3, -0.25) is 20.0 Å². The molecule has 1 aromatic heterocycles. The summed E-state index contributed by atoms with van der Waals surface area (Å²) < 4.78 is 0. The van der Waals surface area contributed by atoms with Crippen molar-refractivity contribution in [2.75, 3.05) is 5.75 Å². The Labute approximate surface area is 137 Å². The minimum absolute atomic E-state index is 0.126. The van der Waals surface area contributed by atoms with Crippen LogP contribution in [0, 0.1) is 0 Å². The largest absolute Gasteiger partial charge is 0.508 e. The average molecular weight is 329 g/mol. The molecule has 1 saturated heterocycles. The van der Waals surface area contributed by atoms with Crippen LogP contribution in [0.3, 0.4) is 0 Å². The smallest absolute Gasteiger partial charge is 0.270 e. The van der Waals surface area contributed by atoms with Crippen LogP contribution >= 0.6 is 11.8 Å². The van der Waals surface area contributed by atoms with Gasteiger partial charge in [0.05, 0.1) is 0 Å². The summed E-state index contributed by atoms with van der Waals surface area (Å²) in [6, 6.07) is 9.87. The lowest BCUT2D eigenvalue weighted by molar-refractivity contribution is -0.134. The van der Waals surface area contributed by atoms with E-state index in [1.54, 1.807) is 42.1 Å². The van der Waals surface area contributed by atoms with Crippen molar-refractivity contribution in [3.8, 4) is 5.75 Å². The van der Waals surface area contributed by atoms with Gasteiger partial charge in [-0.2, -0.15) is 0 Å². The van der Waals surface area contributed by atoms with Gasteiger partial charge < -0.3 is 5.11 Å². The Morgan fingerprint density at radius 2 is 2.09 bits per heavy atom. The van der Waals surface area contributed by atoms with E-state index in [2.05, 4.69) is 10.4 Å². The molecule has 2 amide bonds. The fraction of sp³-hybridized carbons (Fsp3) is 0.188. The maximum atomic E-state index is 12.3. The van der Waals surface area contributed by atoms with E-state index in [0.29, 0.717) is 17.7 Å². The Bertz CT molecular complexity index is 724. The standard InChI is InChI=1S/C16H15N3O3S/c20-13-3-1-2-12(10-13)16-19(14(21)6-9-23-16)18-15(22)11-4-7-17-8-5-11/h1-5,7-8,10,16,20H,6,9H2,(H,18,22). The van der Waals surface area contributed by atoms with Crippen molar-refractivity contribution in [2.45, 2.75) is 11.8 Å². The Hall–Kier alpha value is -2.54. The molecule has 118 valence electrons. The molecular formula is C16H15N3O3S. The molecule has 0 aliphatic carbocycles. The predicted octanol–water partition coefficient (Wildman–Crippen LogP) is 2.10. The van der Waals surface area contributed by atoms with E-state index < -0.39 is 0 Å². The van der Waals surface area contributed by atoms with Crippen molar-refractivity contribution in [3.63, 3.8) is 0 Å². The third kappa shape index (κ3) is 3.45. The number of hydrazine groups is 1. The molecule has 0 spiro atoms. The van der Waals surface area contributed by atoms with E-state index in [4.69, 9.17) is 0 Å². The van der Waals surface area contributed by atoms with Gasteiger partial charge in [-0.1, -0.05) is 12.1 Å². The number of aromatic hydroxyl groups is 1. The Morgan fingerprint density at radius 3 is 2.83 bits per heavy atom. The van der Waals surface area contributed by atoms with E-state index in [-0.39, 0.29) is 22.9 Å². The van der Waals surface area contributed by atoms with Crippen molar-refractivity contribution in [1.82, 2.24) is 15.4 Å². The molecule has 0 radical (unpaired) electrons. The number of aromatic nitrogens is 1. The lowest BCUT2D eigenvalue weighted by Crippen LogP contribution is -2.49. The molecule has 1 fully saturated rings. The fourth-order valence-electron chi connectivity index (χ4n) is 2.31. The van der Waals surface area contributed by atoms with Crippen LogP contribution in [0.25, 0.3) is 0 Å². The van der Waals surface area contributed by atoms with Gasteiger partial charge in [0.1, 0.15) is 11.1 Å². The maximum absolute atomic E-state index is 12.3. The number of pyridine rings is 1. The molecule has 6 nitrogen and oxygen atoms in total. The van der Waals surface area contributed by atoms with Gasteiger partial charge in [0, 0.05) is 30.1 Å². The number of phenols is 1. The van der Waals surface area contributed by atoms with Crippen molar-refractivity contribution < 1.29 is 14.7 Å². The Morgan fingerprint density at radius 1 is 1.30 bits per heavy atom. The minimum atomic E-state index is -0.367. The number of carbonyl (C=O) groups excluding carboxylic acids is 2. The quantitative estimate of drug-likeness (QED) is 0.901. The molecule has 2 aromatic rings. The van der Waals surface area contributed by atoms with Crippen molar-refractivity contribution in [3.05, 3.63) is 59.9 Å². The highest BCUT2D eigenvalue weighted by Gasteiger charge is 2.31. The van der Waals surface area contributed by atoms with Crippen molar-refractivity contribution in [2.24, 2.45) is 0 Å². The van der Waals surface area contributed by atoms with Crippen LogP contribution in [0.5, 0.6) is 5.75 Å². The third-order valence-electron chi connectivity index (χ3n) is 3.41. The second kappa shape index (κ2) is 6.70. The number of nitrogens with zero attached hydrogens (tertiary/aromatic N) is 2. The first-order valence-corrected chi connectivity index (χ1v) is 8.13. The van der Waals surface area contributed by atoms with E-state index in [0.717, 1.165) is 5.56 Å². The van der Waals surface area contributed by atoms with E-state index >= 15 is 0 Å². The van der Waals surface area contributed by atoms with Crippen LogP contribution in [0.2, 0.25) is 0 Å². The van der Waals surface area contributed by atoms with Gasteiger partial charge in [0.2, 0.25) is 5.91 Å². The molecule has 23 heavy (non-hydrogen) atoms. The molecule has 0 saturated carbocycles. The summed E-state index contributed by atoms with van der Waals surface area (Å²) in [6.45, 7) is 0. The number of hydrogen-bond acceptors (Lipinski definition) is 5. The van der Waals surface area contributed by atoms with Crippen LogP contribution in [-0.4, -0.2) is 32.7 Å². The summed E-state index contributed by atoms with van der Waals surface area (Å²) in [4.78, 5) is 28.4. The molecule has 2 heterocycles. The van der Waals surface area contributed by atoms with E-state index in [1.165, 1.54) is 17.4 Å². The zero-order valence-corrected chi connectivity index (χ0v) is 13.0. The monoisotopic (exact) mass is 329 g/mol. The summed E-state index contributed by atoms with van der Waals surface area (Å²) >= 11 is 1.54. The lowest BCUT2D eigenvalue weighted by atomic mass is 10.2. The van der Waals surface area contributed by atoms with Gasteiger partial charge in [-0.15, -0.1) is 11.8 Å². The molecule has 3 rings (SSSR count). The minimum Gasteiger partial charge on any atom is -0.508 e. The van der Waals surface area contributed by atoms with Crippen LogP contribution < -0.4 is 5.43 Å². The van der Waals surface area contributed by atoms with Crippen molar-refractivity contribution >= 4 is 23.6 Å². The first kappa shape index (κ1) is 15.4. The van der Waals surface area contributed by atoms with Gasteiger partial charge >= 0.3 is 0 Å². The van der Waals surface area contributed by atoms with Gasteiger partial charge in [-0.05, 0) is 29.8 Å². The summed E-state index contributed by atoms with van der Waals surface area (Å²) in [6.07, 6.45) is 3.40. The highest BCUT2D eigenvalue weighted by molar-refractivity contribution is 7.99. The molecule has 2 N–H and O–H groups in total. The van der Waals surface area contributed by atoms with Crippen LogP contribution in [0.4, 0.5) is 0 Å². The Balaban J connectivity index is 1.84. The molecule has 1 aliphatic rings. The van der Waals surface area contributed by atoms with Gasteiger partial charge in [0.15, 0.2) is 0 Å². The summed E-state index contributed by atoms with van der Waals surface area (Å²) in [7, 11) is 0. The zero-order chi connectivity index (χ0) is 16.2. The summed E-state index contributed by atoms with van der Waals surface area (Å²) in [5, 5.41) is 10.6. The number of rotatable bonds is 3. The predicted molar refractivity (Wildman–Crippen MR) is 86.5 cm³/mol. The van der Waals surface area contributed by atoms with Gasteiger partial charge in [0.25, 0.3) is 5.91 Å². The number of carbonyl (C=O) groups is 2. The molecule has 1 aliphatic heterocycles. The number of amides is 2. The maximum Gasteiger partial charge on any atom is 0.270 e. The first-order chi connectivity index (χ1) is 11.1. The van der Waals surface area contributed by atoms with Gasteiger partial charge in [-0.25, -0.2) is 5.01 Å². The van der Waals surface area contributed by atoms with E-state index in [9.17, 15) is 14.7 Å². The summed E-state index contributed by atoms with van der Waals surface area (Å²) in [5.74, 6) is 0.273. The number of thioether (sulfide) groups is 1. The molecule has 0 bridgehead atoms. The normalized spacial score (nSPS) is 17.8. The molecule has 7 heteroatoms. The first-order valence-electron chi connectivity index (χ1n) is 7.09. The van der Waals surface area contributed by atoms with Crippen LogP contribution in [-0.2, 0) is 4.79 Å². The van der Waals surface area contributed by atoms with Crippen LogP contribution in [0.1, 0.15) is 27.7 Å².